The van der Waals surface area contributed by atoms with Crippen molar-refractivity contribution in [2.45, 2.75) is 58.1 Å². The molecular formula is C17H25NO. The Labute approximate surface area is 116 Å². The minimum Gasteiger partial charge on any atom is -0.383 e. The van der Waals surface area contributed by atoms with Crippen molar-refractivity contribution < 1.29 is 5.11 Å². The molecule has 104 valence electrons. The van der Waals surface area contributed by atoms with Crippen LogP contribution >= 0.6 is 0 Å². The molecule has 1 aromatic rings. The first-order chi connectivity index (χ1) is 9.02. The number of piperidine rings is 1. The summed E-state index contributed by atoms with van der Waals surface area (Å²) in [6.07, 6.45) is 4.58. The molecular weight excluding hydrogens is 234 g/mol. The van der Waals surface area contributed by atoms with E-state index in [0.29, 0.717) is 6.04 Å². The first kappa shape index (κ1) is 13.1. The van der Waals surface area contributed by atoms with Crippen molar-refractivity contribution >= 4 is 0 Å². The van der Waals surface area contributed by atoms with Gasteiger partial charge in [0.1, 0.15) is 5.60 Å². The van der Waals surface area contributed by atoms with Gasteiger partial charge in [-0.05, 0) is 68.8 Å². The molecule has 0 aromatic heterocycles. The van der Waals surface area contributed by atoms with E-state index in [-0.39, 0.29) is 0 Å². The largest absolute Gasteiger partial charge is 0.383 e. The van der Waals surface area contributed by atoms with Crippen molar-refractivity contribution in [3.8, 4) is 0 Å². The van der Waals surface area contributed by atoms with Crippen molar-refractivity contribution in [2.24, 2.45) is 0 Å². The number of benzene rings is 1. The Hall–Kier alpha value is -0.860. The number of rotatable bonds is 1. The molecule has 0 spiro atoms. The third kappa shape index (κ3) is 2.02. The highest BCUT2D eigenvalue weighted by Gasteiger charge is 2.48. The second kappa shape index (κ2) is 4.60. The molecule has 2 unspecified atom stereocenters. The van der Waals surface area contributed by atoms with E-state index in [1.165, 1.54) is 35.1 Å². The Morgan fingerprint density at radius 1 is 1.05 bits per heavy atom. The van der Waals surface area contributed by atoms with Gasteiger partial charge in [0.05, 0.1) is 0 Å². The molecule has 1 aromatic carbocycles. The van der Waals surface area contributed by atoms with Gasteiger partial charge in [-0.15, -0.1) is 0 Å². The zero-order valence-electron chi connectivity index (χ0n) is 12.4. The quantitative estimate of drug-likeness (QED) is 0.838. The van der Waals surface area contributed by atoms with Crippen LogP contribution in [0.5, 0.6) is 0 Å². The number of nitrogens with zero attached hydrogens (tertiary/aromatic N) is 1. The maximum absolute atomic E-state index is 11.3. The summed E-state index contributed by atoms with van der Waals surface area (Å²) in [5, 5.41) is 11.3. The maximum Gasteiger partial charge on any atom is 0.107 e. The summed E-state index contributed by atoms with van der Waals surface area (Å²) in [7, 11) is 0. The molecule has 2 aliphatic heterocycles. The van der Waals surface area contributed by atoms with Crippen LogP contribution in [0.2, 0.25) is 0 Å². The molecule has 0 amide bonds. The molecule has 2 saturated heterocycles. The standard InChI is InChI=1S/C17H25NO/c1-12-10-14(3)15(11-13(12)2)17(19)7-9-18-8-5-4-6-16(17)18/h10-11,16,19H,4-9H2,1-3H3. The summed E-state index contributed by atoms with van der Waals surface area (Å²) in [5.74, 6) is 0. The van der Waals surface area contributed by atoms with Gasteiger partial charge in [0.2, 0.25) is 0 Å². The van der Waals surface area contributed by atoms with Crippen LogP contribution in [-0.4, -0.2) is 29.1 Å². The molecule has 2 heteroatoms. The minimum atomic E-state index is -0.622. The lowest BCUT2D eigenvalue weighted by molar-refractivity contribution is -0.0143. The normalized spacial score (nSPS) is 31.5. The molecule has 1 N–H and O–H groups in total. The lowest BCUT2D eigenvalue weighted by atomic mass is 9.80. The summed E-state index contributed by atoms with van der Waals surface area (Å²) < 4.78 is 0. The highest BCUT2D eigenvalue weighted by molar-refractivity contribution is 5.41. The minimum absolute atomic E-state index is 0.335. The zero-order valence-corrected chi connectivity index (χ0v) is 12.4. The van der Waals surface area contributed by atoms with E-state index in [1.807, 2.05) is 0 Å². The maximum atomic E-state index is 11.3. The number of hydrogen-bond acceptors (Lipinski definition) is 2. The van der Waals surface area contributed by atoms with Crippen LogP contribution in [0.1, 0.15) is 47.9 Å². The second-order valence-electron chi connectivity index (χ2n) is 6.47. The lowest BCUT2D eigenvalue weighted by Crippen LogP contribution is -2.45. The summed E-state index contributed by atoms with van der Waals surface area (Å²) >= 11 is 0. The number of fused-ring (bicyclic) bond motifs is 1. The van der Waals surface area contributed by atoms with E-state index in [0.717, 1.165) is 25.9 Å². The van der Waals surface area contributed by atoms with Crippen LogP contribution in [0.4, 0.5) is 0 Å². The summed E-state index contributed by atoms with van der Waals surface area (Å²) in [6.45, 7) is 8.66. The van der Waals surface area contributed by atoms with Crippen LogP contribution < -0.4 is 0 Å². The SMILES string of the molecule is Cc1cc(C)c(C2(O)CCN3CCCCC32)cc1C. The second-order valence-corrected chi connectivity index (χ2v) is 6.47. The zero-order chi connectivity index (χ0) is 13.6. The van der Waals surface area contributed by atoms with Gasteiger partial charge < -0.3 is 5.11 Å². The average Bonchev–Trinajstić information content (AvgIpc) is 2.73. The fourth-order valence-corrected chi connectivity index (χ4v) is 4.02. The van der Waals surface area contributed by atoms with Crippen LogP contribution in [0.25, 0.3) is 0 Å². The molecule has 19 heavy (non-hydrogen) atoms. The van der Waals surface area contributed by atoms with Gasteiger partial charge in [0.25, 0.3) is 0 Å². The van der Waals surface area contributed by atoms with E-state index in [4.69, 9.17) is 0 Å². The molecule has 0 saturated carbocycles. The average molecular weight is 259 g/mol. The van der Waals surface area contributed by atoms with Gasteiger partial charge in [0.15, 0.2) is 0 Å². The predicted molar refractivity (Wildman–Crippen MR) is 78.4 cm³/mol. The first-order valence-electron chi connectivity index (χ1n) is 7.57. The highest BCUT2D eigenvalue weighted by atomic mass is 16.3. The summed E-state index contributed by atoms with van der Waals surface area (Å²) in [4.78, 5) is 2.50. The Morgan fingerprint density at radius 3 is 2.58 bits per heavy atom. The Bertz CT molecular complexity index is 496. The molecule has 0 radical (unpaired) electrons. The highest BCUT2D eigenvalue weighted by Crippen LogP contribution is 2.43. The number of aryl methyl sites for hydroxylation is 3. The Kier molecular flexibility index (Phi) is 3.18. The Balaban J connectivity index is 2.03. The fourth-order valence-electron chi connectivity index (χ4n) is 4.02. The third-order valence-corrected chi connectivity index (χ3v) is 5.25. The van der Waals surface area contributed by atoms with Gasteiger partial charge in [-0.2, -0.15) is 0 Å². The molecule has 2 fully saturated rings. The van der Waals surface area contributed by atoms with Crippen LogP contribution in [-0.2, 0) is 5.60 Å². The molecule has 0 aliphatic carbocycles. The van der Waals surface area contributed by atoms with E-state index in [9.17, 15) is 5.11 Å². The first-order valence-corrected chi connectivity index (χ1v) is 7.57. The molecule has 3 rings (SSSR count). The van der Waals surface area contributed by atoms with Gasteiger partial charge in [-0.3, -0.25) is 4.90 Å². The molecule has 2 atom stereocenters. The van der Waals surface area contributed by atoms with Gasteiger partial charge >= 0.3 is 0 Å². The van der Waals surface area contributed by atoms with E-state index in [1.54, 1.807) is 0 Å². The van der Waals surface area contributed by atoms with Crippen molar-refractivity contribution in [3.05, 3.63) is 34.4 Å². The van der Waals surface area contributed by atoms with Crippen molar-refractivity contribution in [1.29, 1.82) is 0 Å². The molecule has 2 nitrogen and oxygen atoms in total. The monoisotopic (exact) mass is 259 g/mol. The van der Waals surface area contributed by atoms with Crippen molar-refractivity contribution in [1.82, 2.24) is 4.90 Å². The summed E-state index contributed by atoms with van der Waals surface area (Å²) in [5.41, 5.74) is 4.41. The topological polar surface area (TPSA) is 23.5 Å². The van der Waals surface area contributed by atoms with Gasteiger partial charge in [-0.25, -0.2) is 0 Å². The third-order valence-electron chi connectivity index (χ3n) is 5.25. The molecule has 0 bridgehead atoms. The lowest BCUT2D eigenvalue weighted by Gasteiger charge is -2.38. The van der Waals surface area contributed by atoms with Gasteiger partial charge in [-0.1, -0.05) is 18.6 Å². The van der Waals surface area contributed by atoms with Crippen molar-refractivity contribution in [3.63, 3.8) is 0 Å². The molecule has 2 heterocycles. The van der Waals surface area contributed by atoms with E-state index in [2.05, 4.69) is 37.8 Å². The fraction of sp³-hybridized carbons (Fsp3) is 0.647. The van der Waals surface area contributed by atoms with E-state index < -0.39 is 5.60 Å². The summed E-state index contributed by atoms with van der Waals surface area (Å²) in [6, 6.07) is 4.79. The smallest absolute Gasteiger partial charge is 0.107 e. The van der Waals surface area contributed by atoms with Gasteiger partial charge in [0, 0.05) is 12.6 Å². The van der Waals surface area contributed by atoms with Crippen LogP contribution in [0.15, 0.2) is 12.1 Å². The molecule has 2 aliphatic rings. The number of hydrogen-bond donors (Lipinski definition) is 1. The van der Waals surface area contributed by atoms with Crippen molar-refractivity contribution in [2.75, 3.05) is 13.1 Å². The Morgan fingerprint density at radius 2 is 1.79 bits per heavy atom. The number of aliphatic hydroxyl groups is 1. The van der Waals surface area contributed by atoms with Crippen LogP contribution in [0.3, 0.4) is 0 Å². The van der Waals surface area contributed by atoms with E-state index >= 15 is 0 Å². The predicted octanol–water partition coefficient (Wildman–Crippen LogP) is 3.06. The van der Waals surface area contributed by atoms with Crippen LogP contribution in [0, 0.1) is 20.8 Å².